The minimum Gasteiger partial charge on any atom is -0.393 e. The van der Waals surface area contributed by atoms with E-state index in [0.717, 1.165) is 29.0 Å². The lowest BCUT2D eigenvalue weighted by Crippen LogP contribution is -2.20. The molecule has 0 unspecified atom stereocenters. The van der Waals surface area contributed by atoms with Crippen LogP contribution >= 0.6 is 22.9 Å². The number of aliphatic hydroxyl groups excluding tert-OH is 1. The van der Waals surface area contributed by atoms with Crippen molar-refractivity contribution >= 4 is 34.5 Å². The monoisotopic (exact) mass is 413 g/mol. The van der Waals surface area contributed by atoms with Crippen LogP contribution in [0.4, 0.5) is 5.82 Å². The molecule has 0 saturated heterocycles. The number of aromatic nitrogens is 2. The van der Waals surface area contributed by atoms with E-state index in [1.807, 2.05) is 35.7 Å². The molecule has 1 saturated carbocycles. The molecule has 1 aromatic carbocycles. The Labute approximate surface area is 172 Å². The molecule has 2 aromatic heterocycles. The van der Waals surface area contributed by atoms with Crippen LogP contribution in [0, 0.1) is 0 Å². The number of hydrogen-bond acceptors (Lipinski definition) is 6. The number of rotatable bonds is 6. The molecule has 2 N–H and O–H groups in total. The molecule has 5 nitrogen and oxygen atoms in total. The van der Waals surface area contributed by atoms with Crippen molar-refractivity contribution in [3.05, 3.63) is 74.8 Å². The first kappa shape index (κ1) is 19.1. The number of nitrogens with one attached hydrogen (secondary N) is 1. The molecule has 0 aliphatic heterocycles. The number of benzene rings is 1. The highest BCUT2D eigenvalue weighted by atomic mass is 35.5. The van der Waals surface area contributed by atoms with Gasteiger partial charge in [0.2, 0.25) is 5.78 Å². The van der Waals surface area contributed by atoms with Gasteiger partial charge in [-0.15, -0.1) is 11.3 Å². The van der Waals surface area contributed by atoms with Crippen molar-refractivity contribution < 1.29 is 9.90 Å². The van der Waals surface area contributed by atoms with Crippen LogP contribution in [0.25, 0.3) is 0 Å². The molecule has 28 heavy (non-hydrogen) atoms. The molecule has 2 atom stereocenters. The van der Waals surface area contributed by atoms with E-state index in [0.29, 0.717) is 29.1 Å². The Hall–Kier alpha value is -2.28. The maximum absolute atomic E-state index is 13.1. The Kier molecular flexibility index (Phi) is 5.71. The van der Waals surface area contributed by atoms with Crippen molar-refractivity contribution in [1.29, 1.82) is 0 Å². The van der Waals surface area contributed by atoms with Gasteiger partial charge in [-0.25, -0.2) is 9.97 Å². The number of aliphatic hydroxyl groups is 1. The van der Waals surface area contributed by atoms with Crippen LogP contribution in [0.5, 0.6) is 0 Å². The second kappa shape index (κ2) is 8.39. The molecule has 7 heteroatoms. The average Bonchev–Trinajstić information content (AvgIpc) is 3.33. The molecule has 1 fully saturated rings. The van der Waals surface area contributed by atoms with Crippen LogP contribution in [0.3, 0.4) is 0 Å². The SMILES string of the molecule is O=C(c1cc(Cc2ccccc2Cl)cs1)c1cncnc1N[C@@H]1CC[C@H](O)C1. The number of nitrogens with zero attached hydrogens (tertiary/aromatic N) is 2. The molecule has 0 bridgehead atoms. The van der Waals surface area contributed by atoms with Gasteiger partial charge in [0.1, 0.15) is 12.1 Å². The van der Waals surface area contributed by atoms with Crippen LogP contribution in [0.1, 0.15) is 45.6 Å². The summed E-state index contributed by atoms with van der Waals surface area (Å²) >= 11 is 7.66. The second-order valence-corrected chi connectivity index (χ2v) is 8.33. The Balaban J connectivity index is 1.52. The summed E-state index contributed by atoms with van der Waals surface area (Å²) in [5.41, 5.74) is 2.54. The lowest BCUT2D eigenvalue weighted by Gasteiger charge is -2.14. The fourth-order valence-corrected chi connectivity index (χ4v) is 4.54. The number of anilines is 1. The third-order valence-corrected chi connectivity index (χ3v) is 6.28. The van der Waals surface area contributed by atoms with Gasteiger partial charge in [-0.1, -0.05) is 29.8 Å². The summed E-state index contributed by atoms with van der Waals surface area (Å²) in [5, 5.41) is 15.7. The fourth-order valence-electron chi connectivity index (χ4n) is 3.47. The van der Waals surface area contributed by atoms with Gasteiger partial charge in [0.15, 0.2) is 0 Å². The van der Waals surface area contributed by atoms with E-state index in [-0.39, 0.29) is 17.9 Å². The van der Waals surface area contributed by atoms with E-state index < -0.39 is 0 Å². The van der Waals surface area contributed by atoms with E-state index in [4.69, 9.17) is 11.6 Å². The highest BCUT2D eigenvalue weighted by Crippen LogP contribution is 2.27. The highest BCUT2D eigenvalue weighted by molar-refractivity contribution is 7.12. The van der Waals surface area contributed by atoms with Crippen LogP contribution < -0.4 is 5.32 Å². The molecule has 3 aromatic rings. The van der Waals surface area contributed by atoms with Gasteiger partial charge in [-0.3, -0.25) is 4.79 Å². The fraction of sp³-hybridized carbons (Fsp3) is 0.286. The molecule has 144 valence electrons. The topological polar surface area (TPSA) is 75.1 Å². The summed E-state index contributed by atoms with van der Waals surface area (Å²) in [4.78, 5) is 22.0. The van der Waals surface area contributed by atoms with Gasteiger partial charge in [-0.2, -0.15) is 0 Å². The number of thiophene rings is 1. The van der Waals surface area contributed by atoms with Crippen LogP contribution in [-0.4, -0.2) is 33.0 Å². The average molecular weight is 414 g/mol. The molecule has 0 amide bonds. The zero-order chi connectivity index (χ0) is 19.5. The van der Waals surface area contributed by atoms with Gasteiger partial charge in [0.05, 0.1) is 16.5 Å². The molecular weight excluding hydrogens is 394 g/mol. The second-order valence-electron chi connectivity index (χ2n) is 7.01. The Bertz CT molecular complexity index is 991. The maximum atomic E-state index is 13.1. The summed E-state index contributed by atoms with van der Waals surface area (Å²) in [7, 11) is 0. The molecule has 1 aliphatic carbocycles. The van der Waals surface area contributed by atoms with Crippen LogP contribution in [0.15, 0.2) is 48.2 Å². The minimum absolute atomic E-state index is 0.0999. The number of hydrogen-bond donors (Lipinski definition) is 2. The quantitative estimate of drug-likeness (QED) is 0.588. The van der Waals surface area contributed by atoms with Crippen LogP contribution in [-0.2, 0) is 6.42 Å². The molecule has 4 rings (SSSR count). The Morgan fingerprint density at radius 3 is 2.96 bits per heavy atom. The molecule has 1 aliphatic rings. The van der Waals surface area contributed by atoms with Gasteiger partial charge < -0.3 is 10.4 Å². The van der Waals surface area contributed by atoms with Crippen LogP contribution in [0.2, 0.25) is 5.02 Å². The maximum Gasteiger partial charge on any atom is 0.208 e. The zero-order valence-corrected chi connectivity index (χ0v) is 16.7. The standard InChI is InChI=1S/C21H20ClN3O2S/c22-18-4-2-1-3-14(18)7-13-8-19(28-11-13)20(27)17-10-23-12-24-21(17)25-15-5-6-16(26)9-15/h1-4,8,10-12,15-16,26H,5-7,9H2,(H,23,24,25)/t15-,16+/m1/s1. The van der Waals surface area contributed by atoms with Gasteiger partial charge >= 0.3 is 0 Å². The summed E-state index contributed by atoms with van der Waals surface area (Å²) in [6.07, 6.45) is 5.67. The molecule has 0 radical (unpaired) electrons. The number of carbonyl (C=O) groups is 1. The van der Waals surface area contributed by atoms with Crippen molar-refractivity contribution in [1.82, 2.24) is 9.97 Å². The minimum atomic E-state index is -0.289. The van der Waals surface area contributed by atoms with E-state index in [9.17, 15) is 9.90 Å². The van der Waals surface area contributed by atoms with Gasteiger partial charge in [0, 0.05) is 17.3 Å². The van der Waals surface area contributed by atoms with Crippen molar-refractivity contribution in [3.8, 4) is 0 Å². The highest BCUT2D eigenvalue weighted by Gasteiger charge is 2.25. The van der Waals surface area contributed by atoms with E-state index in [2.05, 4.69) is 15.3 Å². The lowest BCUT2D eigenvalue weighted by molar-refractivity contribution is 0.104. The smallest absolute Gasteiger partial charge is 0.208 e. The van der Waals surface area contributed by atoms with Crippen molar-refractivity contribution in [2.24, 2.45) is 0 Å². The van der Waals surface area contributed by atoms with E-state index in [1.165, 1.54) is 17.7 Å². The Morgan fingerprint density at radius 1 is 1.32 bits per heavy atom. The predicted molar refractivity (Wildman–Crippen MR) is 111 cm³/mol. The first-order valence-electron chi connectivity index (χ1n) is 9.20. The summed E-state index contributed by atoms with van der Waals surface area (Å²) in [5.74, 6) is 0.428. The predicted octanol–water partition coefficient (Wildman–Crippen LogP) is 4.34. The summed E-state index contributed by atoms with van der Waals surface area (Å²) in [6, 6.07) is 9.75. The summed E-state index contributed by atoms with van der Waals surface area (Å²) < 4.78 is 0. The molecular formula is C21H20ClN3O2S. The normalized spacial score (nSPS) is 18.9. The van der Waals surface area contributed by atoms with E-state index >= 15 is 0 Å². The van der Waals surface area contributed by atoms with Crippen molar-refractivity contribution in [3.63, 3.8) is 0 Å². The molecule has 0 spiro atoms. The van der Waals surface area contributed by atoms with Crippen molar-refractivity contribution in [2.45, 2.75) is 37.8 Å². The number of ketones is 1. The first-order chi connectivity index (χ1) is 13.6. The Morgan fingerprint density at radius 2 is 2.18 bits per heavy atom. The molecule has 2 heterocycles. The largest absolute Gasteiger partial charge is 0.393 e. The van der Waals surface area contributed by atoms with Gasteiger partial charge in [-0.05, 0) is 54.3 Å². The number of carbonyl (C=O) groups excluding carboxylic acids is 1. The third kappa shape index (κ3) is 4.24. The summed E-state index contributed by atoms with van der Waals surface area (Å²) in [6.45, 7) is 0. The van der Waals surface area contributed by atoms with Crippen molar-refractivity contribution in [2.75, 3.05) is 5.32 Å². The third-order valence-electron chi connectivity index (χ3n) is 4.93. The lowest BCUT2D eigenvalue weighted by atomic mass is 10.1. The van der Waals surface area contributed by atoms with Gasteiger partial charge in [0.25, 0.3) is 0 Å². The zero-order valence-electron chi connectivity index (χ0n) is 15.1. The van der Waals surface area contributed by atoms with E-state index in [1.54, 1.807) is 6.20 Å². The number of halogens is 1. The first-order valence-corrected chi connectivity index (χ1v) is 10.5.